The van der Waals surface area contributed by atoms with Crippen molar-refractivity contribution in [2.24, 2.45) is 11.3 Å². The van der Waals surface area contributed by atoms with Gasteiger partial charge in [0.2, 0.25) is 11.8 Å². The van der Waals surface area contributed by atoms with E-state index < -0.39 is 23.3 Å². The molecule has 0 aliphatic rings. The Morgan fingerprint density at radius 1 is 0.911 bits per heavy atom. The number of hydrogen-bond donors (Lipinski definition) is 3. The molecule has 0 radical (unpaired) electrons. The number of nitrogens with one attached hydrogen (secondary N) is 3. The van der Waals surface area contributed by atoms with Crippen LogP contribution in [0.15, 0.2) is 91.7 Å². The van der Waals surface area contributed by atoms with Crippen LogP contribution in [-0.2, 0) is 30.4 Å². The molecule has 45 heavy (non-hydrogen) atoms. The lowest BCUT2D eigenvalue weighted by Crippen LogP contribution is -2.55. The number of methoxy groups -OCH3 is 1. The van der Waals surface area contributed by atoms with E-state index in [4.69, 9.17) is 9.57 Å². The molecule has 0 saturated heterocycles. The minimum Gasteiger partial charge on any atom is -0.388 e. The van der Waals surface area contributed by atoms with Crippen molar-refractivity contribution in [1.82, 2.24) is 16.1 Å². The number of amides is 3. The first-order valence-electron chi connectivity index (χ1n) is 15.4. The van der Waals surface area contributed by atoms with Gasteiger partial charge in [0.15, 0.2) is 0 Å². The zero-order valence-corrected chi connectivity index (χ0v) is 27.1. The van der Waals surface area contributed by atoms with E-state index in [1.807, 2.05) is 69.3 Å². The third-order valence-corrected chi connectivity index (χ3v) is 7.72. The van der Waals surface area contributed by atoms with Gasteiger partial charge in [0, 0.05) is 19.4 Å². The second-order valence-corrected chi connectivity index (χ2v) is 12.4. The summed E-state index contributed by atoms with van der Waals surface area (Å²) < 4.78 is 5.37. The molecule has 0 unspecified atom stereocenters. The van der Waals surface area contributed by atoms with Crippen LogP contribution in [-0.4, -0.2) is 37.5 Å². The molecular weight excluding hydrogens is 566 g/mol. The molecule has 3 N–H and O–H groups in total. The standard InChI is InChI=1S/C37H47N3O5/c1-7-45-40-33(41)24-30(20-14-15-27-21-22-31(26(2)23-27)28-16-10-8-11-17-28)35(42)39-34(37(3,4)5)36(43)38-32(25-44-6)29-18-12-9-13-19-29/h7-13,16-19,21-23,30,32,34H,1,14-15,20,24-25H2,2-6H3,(H,38,43)(H,39,42)(H,40,41)/t30-,32-,34-/m1/s1. The van der Waals surface area contributed by atoms with E-state index in [2.05, 4.69) is 59.9 Å². The van der Waals surface area contributed by atoms with Crippen LogP contribution in [0, 0.1) is 18.3 Å². The van der Waals surface area contributed by atoms with E-state index in [0.717, 1.165) is 23.8 Å². The minimum absolute atomic E-state index is 0.0968. The van der Waals surface area contributed by atoms with E-state index in [9.17, 15) is 14.4 Å². The van der Waals surface area contributed by atoms with Crippen LogP contribution in [0.5, 0.6) is 0 Å². The summed E-state index contributed by atoms with van der Waals surface area (Å²) in [5.41, 5.74) is 7.26. The lowest BCUT2D eigenvalue weighted by atomic mass is 9.85. The molecule has 3 aromatic carbocycles. The molecule has 0 aliphatic carbocycles. The molecule has 3 atom stereocenters. The first-order chi connectivity index (χ1) is 21.5. The fourth-order valence-corrected chi connectivity index (χ4v) is 5.34. The van der Waals surface area contributed by atoms with Crippen LogP contribution >= 0.6 is 0 Å². The number of rotatable bonds is 16. The molecular formula is C37H47N3O5. The average molecular weight is 614 g/mol. The number of hydroxylamine groups is 1. The predicted octanol–water partition coefficient (Wildman–Crippen LogP) is 6.22. The van der Waals surface area contributed by atoms with Crippen molar-refractivity contribution in [3.8, 4) is 11.1 Å². The van der Waals surface area contributed by atoms with Crippen LogP contribution in [0.2, 0.25) is 0 Å². The first-order valence-corrected chi connectivity index (χ1v) is 15.4. The van der Waals surface area contributed by atoms with Crippen molar-refractivity contribution in [3.05, 3.63) is 108 Å². The van der Waals surface area contributed by atoms with Crippen molar-refractivity contribution in [2.75, 3.05) is 13.7 Å². The summed E-state index contributed by atoms with van der Waals surface area (Å²) in [7, 11) is 1.58. The van der Waals surface area contributed by atoms with Gasteiger partial charge in [0.1, 0.15) is 12.3 Å². The van der Waals surface area contributed by atoms with E-state index >= 15 is 0 Å². The molecule has 0 bridgehead atoms. The van der Waals surface area contributed by atoms with Gasteiger partial charge in [-0.2, -0.15) is 5.48 Å². The summed E-state index contributed by atoms with van der Waals surface area (Å²) in [6.07, 6.45) is 2.87. The molecule has 8 heteroatoms. The Morgan fingerprint density at radius 3 is 2.18 bits per heavy atom. The quantitative estimate of drug-likeness (QED) is 0.131. The molecule has 8 nitrogen and oxygen atoms in total. The van der Waals surface area contributed by atoms with Crippen LogP contribution in [0.3, 0.4) is 0 Å². The minimum atomic E-state index is -0.851. The van der Waals surface area contributed by atoms with Crippen molar-refractivity contribution < 1.29 is 24.0 Å². The Morgan fingerprint density at radius 2 is 1.58 bits per heavy atom. The highest BCUT2D eigenvalue weighted by atomic mass is 16.6. The molecule has 240 valence electrons. The zero-order valence-electron chi connectivity index (χ0n) is 27.1. The molecule has 3 aromatic rings. The van der Waals surface area contributed by atoms with Crippen molar-refractivity contribution in [3.63, 3.8) is 0 Å². The lowest BCUT2D eigenvalue weighted by Gasteiger charge is -2.33. The summed E-state index contributed by atoms with van der Waals surface area (Å²) in [6, 6.07) is 25.0. The molecule has 0 saturated carbocycles. The maximum Gasteiger partial charge on any atom is 0.253 e. The van der Waals surface area contributed by atoms with Crippen LogP contribution in [0.25, 0.3) is 11.1 Å². The van der Waals surface area contributed by atoms with Gasteiger partial charge in [-0.05, 0) is 59.4 Å². The van der Waals surface area contributed by atoms with E-state index in [0.29, 0.717) is 12.8 Å². The zero-order chi connectivity index (χ0) is 32.8. The fourth-order valence-electron chi connectivity index (χ4n) is 5.34. The molecule has 0 heterocycles. The van der Waals surface area contributed by atoms with Gasteiger partial charge < -0.3 is 20.2 Å². The highest BCUT2D eigenvalue weighted by Crippen LogP contribution is 2.26. The van der Waals surface area contributed by atoms with Crippen LogP contribution in [0.4, 0.5) is 0 Å². The number of aryl methyl sites for hydroxylation is 2. The van der Waals surface area contributed by atoms with Crippen molar-refractivity contribution in [1.29, 1.82) is 0 Å². The summed E-state index contributed by atoms with van der Waals surface area (Å²) in [5.74, 6) is -1.81. The van der Waals surface area contributed by atoms with Gasteiger partial charge in [0.05, 0.1) is 12.6 Å². The third kappa shape index (κ3) is 10.9. The predicted molar refractivity (Wildman–Crippen MR) is 178 cm³/mol. The van der Waals surface area contributed by atoms with E-state index in [-0.39, 0.29) is 30.9 Å². The lowest BCUT2D eigenvalue weighted by molar-refractivity contribution is -0.137. The Balaban J connectivity index is 1.73. The number of ether oxygens (including phenoxy) is 1. The number of benzene rings is 3. The van der Waals surface area contributed by atoms with Gasteiger partial charge >= 0.3 is 0 Å². The highest BCUT2D eigenvalue weighted by molar-refractivity contribution is 5.91. The van der Waals surface area contributed by atoms with Gasteiger partial charge in [-0.1, -0.05) is 106 Å². The van der Waals surface area contributed by atoms with E-state index in [1.54, 1.807) is 7.11 Å². The summed E-state index contributed by atoms with van der Waals surface area (Å²) in [5, 5.41) is 6.02. The van der Waals surface area contributed by atoms with Crippen molar-refractivity contribution in [2.45, 2.75) is 65.5 Å². The molecule has 0 spiro atoms. The van der Waals surface area contributed by atoms with Gasteiger partial charge in [0.25, 0.3) is 5.91 Å². The Hall–Kier alpha value is -4.43. The first kappa shape index (κ1) is 35.1. The molecule has 0 aliphatic heterocycles. The SMILES string of the molecule is C=CONC(=O)C[C@@H](CCCc1ccc(-c2ccccc2)c(C)c1)C(=O)N[C@H](C(=O)N[C@H](COC)c1ccccc1)C(C)(C)C. The second-order valence-electron chi connectivity index (χ2n) is 12.4. The molecule has 3 amide bonds. The Kier molecular flexibility index (Phi) is 13.4. The molecule has 3 rings (SSSR count). The molecule has 0 aromatic heterocycles. The Bertz CT molecular complexity index is 1400. The Labute approximate surface area is 267 Å². The van der Waals surface area contributed by atoms with E-state index in [1.165, 1.54) is 16.7 Å². The maximum absolute atomic E-state index is 13.7. The average Bonchev–Trinajstić information content (AvgIpc) is 3.02. The van der Waals surface area contributed by atoms with Crippen LogP contribution < -0.4 is 16.1 Å². The summed E-state index contributed by atoms with van der Waals surface area (Å²) in [6.45, 7) is 11.5. The molecule has 0 fully saturated rings. The van der Waals surface area contributed by atoms with Gasteiger partial charge in [-0.25, -0.2) is 0 Å². The number of carbonyl (C=O) groups excluding carboxylic acids is 3. The topological polar surface area (TPSA) is 106 Å². The smallest absolute Gasteiger partial charge is 0.253 e. The summed E-state index contributed by atoms with van der Waals surface area (Å²) >= 11 is 0. The van der Waals surface area contributed by atoms with Crippen molar-refractivity contribution >= 4 is 17.7 Å². The fraction of sp³-hybridized carbons (Fsp3) is 0.378. The van der Waals surface area contributed by atoms with Crippen LogP contribution in [0.1, 0.15) is 62.8 Å². The van der Waals surface area contributed by atoms with Gasteiger partial charge in [-0.15, -0.1) is 0 Å². The largest absolute Gasteiger partial charge is 0.388 e. The third-order valence-electron chi connectivity index (χ3n) is 7.72. The maximum atomic E-state index is 13.7. The highest BCUT2D eigenvalue weighted by Gasteiger charge is 2.36. The number of hydrogen-bond acceptors (Lipinski definition) is 5. The van der Waals surface area contributed by atoms with Gasteiger partial charge in [-0.3, -0.25) is 14.4 Å². The number of carbonyl (C=O) groups is 3. The second kappa shape index (κ2) is 17.2. The normalized spacial score (nSPS) is 13.2. The monoisotopic (exact) mass is 613 g/mol. The summed E-state index contributed by atoms with van der Waals surface area (Å²) in [4.78, 5) is 44.8.